The predicted octanol–water partition coefficient (Wildman–Crippen LogP) is 2.44. The van der Waals surface area contributed by atoms with E-state index in [1.54, 1.807) is 0 Å². The van der Waals surface area contributed by atoms with Gasteiger partial charge in [0.25, 0.3) is 0 Å². The van der Waals surface area contributed by atoms with Crippen LogP contribution in [0.15, 0.2) is 0 Å². The maximum atomic E-state index is 8.53. The van der Waals surface area contributed by atoms with Crippen molar-refractivity contribution in [3.8, 4) is 6.07 Å². The Kier molecular flexibility index (Phi) is 2.57. The van der Waals surface area contributed by atoms with E-state index in [2.05, 4.69) is 6.07 Å². The fraction of sp³-hybridized carbons (Fsp3) is 0.750. The zero-order valence-electron chi connectivity index (χ0n) is 5.69. The van der Waals surface area contributed by atoms with E-state index in [0.29, 0.717) is 0 Å². The highest BCUT2D eigenvalue weighted by atomic mass is 14.3. The van der Waals surface area contributed by atoms with Gasteiger partial charge in [0.1, 0.15) is 0 Å². The normalized spacial score (nSPS) is 22.6. The quantitative estimate of drug-likeness (QED) is 0.453. The van der Waals surface area contributed by atoms with Gasteiger partial charge in [-0.2, -0.15) is 5.26 Å². The van der Waals surface area contributed by atoms with Gasteiger partial charge in [0.05, 0.1) is 12.0 Å². The monoisotopic (exact) mass is 122 g/mol. The zero-order chi connectivity index (χ0) is 6.53. The van der Waals surface area contributed by atoms with Crippen LogP contribution in [0.4, 0.5) is 0 Å². The van der Waals surface area contributed by atoms with Crippen molar-refractivity contribution < 1.29 is 0 Å². The summed E-state index contributed by atoms with van der Waals surface area (Å²) in [4.78, 5) is 0. The highest BCUT2D eigenvalue weighted by molar-refractivity contribution is 5.10. The minimum Gasteiger partial charge on any atom is -0.198 e. The third-order valence-electron chi connectivity index (χ3n) is 1.87. The second kappa shape index (κ2) is 3.50. The predicted molar refractivity (Wildman–Crippen MR) is 36.6 cm³/mol. The molecule has 1 heteroatoms. The number of nitriles is 1. The molecule has 0 aromatic rings. The van der Waals surface area contributed by atoms with Crippen LogP contribution in [0.25, 0.3) is 0 Å². The van der Waals surface area contributed by atoms with Crippen LogP contribution in [0.1, 0.15) is 38.5 Å². The molecule has 0 N–H and O–H groups in total. The van der Waals surface area contributed by atoms with Crippen LogP contribution in [0.2, 0.25) is 0 Å². The lowest BCUT2D eigenvalue weighted by Crippen LogP contribution is -1.89. The average molecular weight is 122 g/mol. The Morgan fingerprint density at radius 2 is 1.56 bits per heavy atom. The van der Waals surface area contributed by atoms with Crippen molar-refractivity contribution in [1.29, 1.82) is 5.26 Å². The molecule has 1 radical (unpaired) electrons. The number of hydrogen-bond acceptors (Lipinski definition) is 1. The van der Waals surface area contributed by atoms with Gasteiger partial charge in [-0.25, -0.2) is 0 Å². The summed E-state index contributed by atoms with van der Waals surface area (Å²) < 4.78 is 0. The molecule has 1 aliphatic carbocycles. The number of hydrogen-bond donors (Lipinski definition) is 0. The van der Waals surface area contributed by atoms with Crippen molar-refractivity contribution in [1.82, 2.24) is 0 Å². The van der Waals surface area contributed by atoms with Crippen LogP contribution in [-0.4, -0.2) is 0 Å². The average Bonchev–Trinajstić information content (AvgIpc) is 2.13. The van der Waals surface area contributed by atoms with Gasteiger partial charge in [-0.1, -0.05) is 25.7 Å². The second-order valence-electron chi connectivity index (χ2n) is 2.63. The van der Waals surface area contributed by atoms with E-state index in [0.717, 1.165) is 18.8 Å². The minimum absolute atomic E-state index is 1.07. The van der Waals surface area contributed by atoms with E-state index in [1.807, 2.05) is 0 Å². The van der Waals surface area contributed by atoms with Gasteiger partial charge >= 0.3 is 0 Å². The van der Waals surface area contributed by atoms with Gasteiger partial charge in [-0.15, -0.1) is 0 Å². The Bertz CT molecular complexity index is 104. The van der Waals surface area contributed by atoms with Crippen LogP contribution in [0, 0.1) is 17.2 Å². The third kappa shape index (κ3) is 2.05. The van der Waals surface area contributed by atoms with E-state index in [1.165, 1.54) is 25.7 Å². The van der Waals surface area contributed by atoms with E-state index in [4.69, 9.17) is 5.26 Å². The second-order valence-corrected chi connectivity index (χ2v) is 2.63. The lowest BCUT2D eigenvalue weighted by Gasteiger charge is -1.98. The van der Waals surface area contributed by atoms with E-state index in [9.17, 15) is 0 Å². The first-order valence-electron chi connectivity index (χ1n) is 3.68. The Labute approximate surface area is 56.7 Å². The van der Waals surface area contributed by atoms with E-state index < -0.39 is 0 Å². The molecule has 0 amide bonds. The highest BCUT2D eigenvalue weighted by Crippen LogP contribution is 2.23. The molecule has 9 heavy (non-hydrogen) atoms. The molecule has 0 aromatic carbocycles. The van der Waals surface area contributed by atoms with Crippen LogP contribution in [0.3, 0.4) is 0 Å². The van der Waals surface area contributed by atoms with Gasteiger partial charge in [-0.05, 0) is 12.8 Å². The van der Waals surface area contributed by atoms with Crippen LogP contribution < -0.4 is 0 Å². The third-order valence-corrected chi connectivity index (χ3v) is 1.87. The number of rotatable bonds is 0. The molecule has 0 aliphatic heterocycles. The molecule has 0 heterocycles. The molecule has 1 nitrogen and oxygen atoms in total. The maximum Gasteiger partial charge on any atom is 0.0760 e. The fourth-order valence-electron chi connectivity index (χ4n) is 1.27. The summed E-state index contributed by atoms with van der Waals surface area (Å²) in [5, 5.41) is 8.53. The largest absolute Gasteiger partial charge is 0.198 e. The molecule has 1 aliphatic rings. The molecular weight excluding hydrogens is 110 g/mol. The van der Waals surface area contributed by atoms with E-state index >= 15 is 0 Å². The van der Waals surface area contributed by atoms with Crippen molar-refractivity contribution >= 4 is 0 Å². The molecule has 0 unspecified atom stereocenters. The molecular formula is C8H12N. The van der Waals surface area contributed by atoms with Gasteiger partial charge in [0, 0.05) is 0 Å². The summed E-state index contributed by atoms with van der Waals surface area (Å²) in [5.74, 6) is 1.12. The highest BCUT2D eigenvalue weighted by Gasteiger charge is 2.10. The molecule has 49 valence electrons. The first kappa shape index (κ1) is 6.61. The Balaban J connectivity index is 2.29. The first-order valence-corrected chi connectivity index (χ1v) is 3.68. The molecule has 0 aromatic heterocycles. The molecule has 1 fully saturated rings. The van der Waals surface area contributed by atoms with Crippen LogP contribution >= 0.6 is 0 Å². The Morgan fingerprint density at radius 1 is 1.00 bits per heavy atom. The standard InChI is InChI=1S/C8H12N/c9-7-8-5-3-1-2-4-6-8/h1-6H2. The molecule has 0 saturated heterocycles. The summed E-state index contributed by atoms with van der Waals surface area (Å²) in [6, 6.07) is 2.26. The summed E-state index contributed by atoms with van der Waals surface area (Å²) in [5.41, 5.74) is 0. The molecule has 1 rings (SSSR count). The lowest BCUT2D eigenvalue weighted by atomic mass is 10.0. The van der Waals surface area contributed by atoms with Crippen LogP contribution in [-0.2, 0) is 0 Å². The summed E-state index contributed by atoms with van der Waals surface area (Å²) in [7, 11) is 0. The van der Waals surface area contributed by atoms with Crippen molar-refractivity contribution in [2.75, 3.05) is 0 Å². The fourth-order valence-corrected chi connectivity index (χ4v) is 1.27. The van der Waals surface area contributed by atoms with Gasteiger partial charge < -0.3 is 0 Å². The van der Waals surface area contributed by atoms with Crippen LogP contribution in [0.5, 0.6) is 0 Å². The molecule has 0 bridgehead atoms. The molecule has 0 spiro atoms. The molecule has 0 atom stereocenters. The van der Waals surface area contributed by atoms with Gasteiger partial charge in [-0.3, -0.25) is 0 Å². The molecule has 1 saturated carbocycles. The summed E-state index contributed by atoms with van der Waals surface area (Å²) >= 11 is 0. The van der Waals surface area contributed by atoms with Crippen molar-refractivity contribution in [3.63, 3.8) is 0 Å². The van der Waals surface area contributed by atoms with Crippen molar-refractivity contribution in [2.45, 2.75) is 38.5 Å². The first-order chi connectivity index (χ1) is 4.43. The summed E-state index contributed by atoms with van der Waals surface area (Å²) in [6.45, 7) is 0. The Morgan fingerprint density at radius 3 is 2.00 bits per heavy atom. The SMILES string of the molecule is N#C[C]1CCCCCC1. The van der Waals surface area contributed by atoms with E-state index in [-0.39, 0.29) is 0 Å². The number of nitrogens with zero attached hydrogens (tertiary/aromatic N) is 1. The summed E-state index contributed by atoms with van der Waals surface area (Å²) in [6.07, 6.45) is 7.26. The Hall–Kier alpha value is -0.510. The zero-order valence-corrected chi connectivity index (χ0v) is 5.69. The van der Waals surface area contributed by atoms with Gasteiger partial charge in [0.2, 0.25) is 0 Å². The minimum atomic E-state index is 1.07. The van der Waals surface area contributed by atoms with Crippen molar-refractivity contribution in [2.24, 2.45) is 0 Å². The van der Waals surface area contributed by atoms with Gasteiger partial charge in [0.15, 0.2) is 0 Å². The topological polar surface area (TPSA) is 23.8 Å². The maximum absolute atomic E-state index is 8.53. The van der Waals surface area contributed by atoms with Crippen molar-refractivity contribution in [3.05, 3.63) is 5.92 Å². The lowest BCUT2D eigenvalue weighted by molar-refractivity contribution is 0.702. The smallest absolute Gasteiger partial charge is 0.0760 e.